The topological polar surface area (TPSA) is 15.6 Å². The highest BCUT2D eigenvalue weighted by Crippen LogP contribution is 2.19. The van der Waals surface area contributed by atoms with Gasteiger partial charge in [-0.3, -0.25) is 4.99 Å². The molecule has 12 heavy (non-hydrogen) atoms. The molecule has 0 amide bonds. The van der Waals surface area contributed by atoms with Crippen molar-refractivity contribution in [2.75, 3.05) is 0 Å². The Morgan fingerprint density at radius 1 is 1.25 bits per heavy atom. The minimum Gasteiger partial charge on any atom is -0.309 e. The predicted molar refractivity (Wildman–Crippen MR) is 50.8 cm³/mol. The van der Waals surface area contributed by atoms with Gasteiger partial charge in [-0.05, 0) is 32.1 Å². The van der Waals surface area contributed by atoms with Crippen molar-refractivity contribution in [3.05, 3.63) is 36.7 Å². The third kappa shape index (κ3) is 1.20. The van der Waals surface area contributed by atoms with Crippen LogP contribution in [0.25, 0.3) is 0 Å². The highest BCUT2D eigenvalue weighted by atomic mass is 15.2. The van der Waals surface area contributed by atoms with E-state index in [4.69, 9.17) is 0 Å². The van der Waals surface area contributed by atoms with Crippen LogP contribution >= 0.6 is 0 Å². The summed E-state index contributed by atoms with van der Waals surface area (Å²) >= 11 is 0. The molecule has 0 atom stereocenters. The second-order valence-corrected chi connectivity index (χ2v) is 3.55. The molecule has 0 saturated carbocycles. The molecule has 62 valence electrons. The molecule has 0 unspecified atom stereocenters. The predicted octanol–water partition coefficient (Wildman–Crippen LogP) is 2.08. The molecule has 0 N–H and O–H groups in total. The number of hydrogen-bond donors (Lipinski definition) is 0. The first-order valence-electron chi connectivity index (χ1n) is 4.10. The summed E-state index contributed by atoms with van der Waals surface area (Å²) in [6.07, 6.45) is 12.2. The van der Waals surface area contributed by atoms with E-state index in [1.54, 1.807) is 0 Å². The third-order valence-electron chi connectivity index (χ3n) is 1.91. The highest BCUT2D eigenvalue weighted by Gasteiger charge is 2.19. The average Bonchev–Trinajstić information content (AvgIpc) is 2.02. The van der Waals surface area contributed by atoms with Crippen LogP contribution < -0.4 is 0 Å². The maximum absolute atomic E-state index is 4.55. The maximum Gasteiger partial charge on any atom is 0.132 e. The van der Waals surface area contributed by atoms with Gasteiger partial charge in [0.1, 0.15) is 5.84 Å². The fourth-order valence-electron chi connectivity index (χ4n) is 1.26. The molecule has 2 heteroatoms. The Morgan fingerprint density at radius 3 is 2.92 bits per heavy atom. The Kier molecular flexibility index (Phi) is 1.43. The van der Waals surface area contributed by atoms with E-state index in [1.807, 2.05) is 29.3 Å². The van der Waals surface area contributed by atoms with E-state index in [0.29, 0.717) is 0 Å². The zero-order chi connectivity index (χ0) is 8.60. The quantitative estimate of drug-likeness (QED) is 0.529. The van der Waals surface area contributed by atoms with Crippen molar-refractivity contribution < 1.29 is 0 Å². The van der Waals surface area contributed by atoms with E-state index in [9.17, 15) is 0 Å². The number of hydrogen-bond acceptors (Lipinski definition) is 2. The Morgan fingerprint density at radius 2 is 2.08 bits per heavy atom. The fourth-order valence-corrected chi connectivity index (χ4v) is 1.26. The maximum atomic E-state index is 4.55. The molecule has 0 aromatic rings. The standard InChI is InChI=1S/C10H12N2/c1-10(2)6-8-12-7-4-3-5-9(12)11-10/h3-8H,1-2H3. The van der Waals surface area contributed by atoms with Crippen LogP contribution in [0.1, 0.15) is 13.8 Å². The van der Waals surface area contributed by atoms with Crippen LogP contribution in [0.5, 0.6) is 0 Å². The summed E-state index contributed by atoms with van der Waals surface area (Å²) in [6.45, 7) is 4.19. The van der Waals surface area contributed by atoms with Gasteiger partial charge in [0.2, 0.25) is 0 Å². The van der Waals surface area contributed by atoms with Crippen molar-refractivity contribution in [3.63, 3.8) is 0 Å². The van der Waals surface area contributed by atoms with Crippen LogP contribution in [0, 0.1) is 0 Å². The highest BCUT2D eigenvalue weighted by molar-refractivity contribution is 5.96. The molecule has 0 aromatic heterocycles. The molecule has 0 bridgehead atoms. The van der Waals surface area contributed by atoms with Crippen LogP contribution in [0.15, 0.2) is 41.7 Å². The Hall–Kier alpha value is -1.31. The van der Waals surface area contributed by atoms with Gasteiger partial charge in [0.05, 0.1) is 5.54 Å². The van der Waals surface area contributed by atoms with Crippen LogP contribution in [0.3, 0.4) is 0 Å². The minimum absolute atomic E-state index is 0.0542. The van der Waals surface area contributed by atoms with Gasteiger partial charge in [-0.2, -0.15) is 0 Å². The first-order chi connectivity index (χ1) is 5.67. The number of allylic oxidation sites excluding steroid dienone is 2. The van der Waals surface area contributed by atoms with Gasteiger partial charge in [0.25, 0.3) is 0 Å². The van der Waals surface area contributed by atoms with E-state index in [-0.39, 0.29) is 5.54 Å². The smallest absolute Gasteiger partial charge is 0.132 e. The van der Waals surface area contributed by atoms with Crippen molar-refractivity contribution in [2.24, 2.45) is 4.99 Å². The van der Waals surface area contributed by atoms with Crippen molar-refractivity contribution >= 4 is 5.84 Å². The molecule has 0 radical (unpaired) electrons. The lowest BCUT2D eigenvalue weighted by molar-refractivity contribution is 0.593. The van der Waals surface area contributed by atoms with E-state index in [2.05, 4.69) is 31.1 Å². The molecular formula is C10H12N2. The zero-order valence-corrected chi connectivity index (χ0v) is 7.36. The van der Waals surface area contributed by atoms with Gasteiger partial charge in [-0.15, -0.1) is 0 Å². The molecule has 0 fully saturated rings. The van der Waals surface area contributed by atoms with Crippen molar-refractivity contribution in [1.29, 1.82) is 0 Å². The van der Waals surface area contributed by atoms with Crippen LogP contribution in [-0.2, 0) is 0 Å². The summed E-state index contributed by atoms with van der Waals surface area (Å²) in [4.78, 5) is 6.57. The molecule has 2 aliphatic rings. The average molecular weight is 160 g/mol. The largest absolute Gasteiger partial charge is 0.309 e. The molecule has 0 aliphatic carbocycles. The second-order valence-electron chi connectivity index (χ2n) is 3.55. The van der Waals surface area contributed by atoms with E-state index >= 15 is 0 Å². The molecule has 0 saturated heterocycles. The summed E-state index contributed by atoms with van der Waals surface area (Å²) < 4.78 is 0. The van der Waals surface area contributed by atoms with E-state index in [1.165, 1.54) is 0 Å². The van der Waals surface area contributed by atoms with Gasteiger partial charge in [0, 0.05) is 12.4 Å². The molecule has 0 aromatic carbocycles. The summed E-state index contributed by atoms with van der Waals surface area (Å²) in [5.74, 6) is 1.02. The van der Waals surface area contributed by atoms with Gasteiger partial charge >= 0.3 is 0 Å². The zero-order valence-electron chi connectivity index (χ0n) is 7.36. The van der Waals surface area contributed by atoms with Crippen LogP contribution in [0.2, 0.25) is 0 Å². The number of nitrogens with zero attached hydrogens (tertiary/aromatic N) is 2. The third-order valence-corrected chi connectivity index (χ3v) is 1.91. The summed E-state index contributed by atoms with van der Waals surface area (Å²) in [5.41, 5.74) is -0.0542. The van der Waals surface area contributed by atoms with Gasteiger partial charge in [0.15, 0.2) is 0 Å². The second kappa shape index (κ2) is 2.34. The summed E-state index contributed by atoms with van der Waals surface area (Å²) in [7, 11) is 0. The molecule has 2 rings (SSSR count). The summed E-state index contributed by atoms with van der Waals surface area (Å²) in [6, 6.07) is 0. The number of rotatable bonds is 0. The number of fused-ring (bicyclic) bond motifs is 1. The normalized spacial score (nSPS) is 23.8. The number of aliphatic imine (C=N–C) groups is 1. The van der Waals surface area contributed by atoms with Gasteiger partial charge in [-0.1, -0.05) is 6.08 Å². The lowest BCUT2D eigenvalue weighted by atomic mass is 10.1. The molecular weight excluding hydrogens is 148 g/mol. The fraction of sp³-hybridized carbons (Fsp3) is 0.300. The minimum atomic E-state index is -0.0542. The monoisotopic (exact) mass is 160 g/mol. The molecule has 2 heterocycles. The van der Waals surface area contributed by atoms with E-state index in [0.717, 1.165) is 5.84 Å². The lowest BCUT2D eigenvalue weighted by Gasteiger charge is -2.28. The lowest BCUT2D eigenvalue weighted by Crippen LogP contribution is -2.30. The van der Waals surface area contributed by atoms with Crippen molar-refractivity contribution in [2.45, 2.75) is 19.4 Å². The SMILES string of the molecule is CC1(C)C=CN2C=CC=CC2=N1. The van der Waals surface area contributed by atoms with Crippen molar-refractivity contribution in [3.8, 4) is 0 Å². The van der Waals surface area contributed by atoms with Crippen LogP contribution in [0.4, 0.5) is 0 Å². The summed E-state index contributed by atoms with van der Waals surface area (Å²) in [5, 5.41) is 0. The molecule has 0 spiro atoms. The molecule has 2 nitrogen and oxygen atoms in total. The van der Waals surface area contributed by atoms with Gasteiger partial charge in [-0.25, -0.2) is 0 Å². The Bertz CT molecular complexity index is 306. The molecule has 2 aliphatic heterocycles. The van der Waals surface area contributed by atoms with Gasteiger partial charge < -0.3 is 4.90 Å². The first kappa shape index (κ1) is 7.35. The van der Waals surface area contributed by atoms with E-state index < -0.39 is 0 Å². The first-order valence-corrected chi connectivity index (χ1v) is 4.10. The number of amidine groups is 1. The van der Waals surface area contributed by atoms with Crippen LogP contribution in [-0.4, -0.2) is 16.3 Å². The Balaban J connectivity index is 2.36. The Labute approximate surface area is 72.6 Å². The van der Waals surface area contributed by atoms with Crippen molar-refractivity contribution in [1.82, 2.24) is 4.90 Å².